The van der Waals surface area contributed by atoms with E-state index in [0.29, 0.717) is 5.69 Å². The van der Waals surface area contributed by atoms with Crippen molar-refractivity contribution < 1.29 is 9.59 Å². The van der Waals surface area contributed by atoms with Crippen LogP contribution >= 0.6 is 0 Å². The number of anilines is 1. The average Bonchev–Trinajstić information content (AvgIpc) is 2.88. The summed E-state index contributed by atoms with van der Waals surface area (Å²) in [5.74, 6) is 4.45. The maximum atomic E-state index is 11.6. The zero-order chi connectivity index (χ0) is 14.5. The highest BCUT2D eigenvalue weighted by Gasteiger charge is 2.07. The summed E-state index contributed by atoms with van der Waals surface area (Å²) in [5, 5.41) is 6.69. The fraction of sp³-hybridized carbons (Fsp3) is 0.133. The highest BCUT2D eigenvalue weighted by Crippen LogP contribution is 2.22. The molecule has 1 heterocycles. The van der Waals surface area contributed by atoms with Crippen LogP contribution in [0.15, 0.2) is 36.7 Å². The van der Waals surface area contributed by atoms with Gasteiger partial charge < -0.3 is 5.32 Å². The molecule has 5 nitrogen and oxygen atoms in total. The molecular formula is C15H13N3O2. The smallest absolute Gasteiger partial charge is 0.322 e. The highest BCUT2D eigenvalue weighted by atomic mass is 16.2. The average molecular weight is 267 g/mol. The molecule has 0 atom stereocenters. The third-order valence-corrected chi connectivity index (χ3v) is 2.54. The molecule has 1 aromatic carbocycles. The lowest BCUT2D eigenvalue weighted by Gasteiger charge is -2.03. The number of rotatable bonds is 2. The molecule has 1 amide bonds. The number of hydrogen-bond donors (Lipinski definition) is 1. The molecule has 20 heavy (non-hydrogen) atoms. The molecule has 0 bridgehead atoms. The fourth-order valence-electron chi connectivity index (χ4n) is 1.73. The lowest BCUT2D eigenvalue weighted by molar-refractivity contribution is -0.114. The summed E-state index contributed by atoms with van der Waals surface area (Å²) >= 11 is 0. The first kappa shape index (κ1) is 13.6. The Morgan fingerprint density at radius 2 is 2.10 bits per heavy atom. The number of hydrogen-bond acceptors (Lipinski definition) is 3. The van der Waals surface area contributed by atoms with E-state index in [1.54, 1.807) is 25.4 Å². The minimum Gasteiger partial charge on any atom is -0.326 e. The Labute approximate surface area is 116 Å². The van der Waals surface area contributed by atoms with Crippen molar-refractivity contribution in [3.8, 4) is 23.0 Å². The Morgan fingerprint density at radius 3 is 2.80 bits per heavy atom. The summed E-state index contributed by atoms with van der Waals surface area (Å²) in [4.78, 5) is 22.6. The molecule has 0 saturated heterocycles. The van der Waals surface area contributed by atoms with Crippen molar-refractivity contribution in [2.24, 2.45) is 0 Å². The minimum absolute atomic E-state index is 0.133. The Morgan fingerprint density at radius 1 is 1.30 bits per heavy atom. The molecule has 0 spiro atoms. The van der Waals surface area contributed by atoms with Gasteiger partial charge in [-0.1, -0.05) is 18.1 Å². The first-order chi connectivity index (χ1) is 9.60. The predicted octanol–water partition coefficient (Wildman–Crippen LogP) is 2.17. The molecule has 0 saturated carbocycles. The molecule has 2 aromatic rings. The van der Waals surface area contributed by atoms with Crippen LogP contribution in [0.25, 0.3) is 11.1 Å². The van der Waals surface area contributed by atoms with Crippen molar-refractivity contribution in [1.82, 2.24) is 9.78 Å². The van der Waals surface area contributed by atoms with Gasteiger partial charge in [-0.2, -0.15) is 9.78 Å². The van der Waals surface area contributed by atoms with E-state index in [2.05, 4.69) is 22.3 Å². The van der Waals surface area contributed by atoms with E-state index in [1.165, 1.54) is 11.6 Å². The van der Waals surface area contributed by atoms with Gasteiger partial charge in [0.25, 0.3) is 0 Å². The predicted molar refractivity (Wildman–Crippen MR) is 76.0 cm³/mol. The zero-order valence-corrected chi connectivity index (χ0v) is 11.2. The van der Waals surface area contributed by atoms with Crippen LogP contribution in [0.5, 0.6) is 0 Å². The van der Waals surface area contributed by atoms with Gasteiger partial charge in [-0.3, -0.25) is 9.59 Å². The van der Waals surface area contributed by atoms with Crippen molar-refractivity contribution in [3.05, 3.63) is 36.7 Å². The first-order valence-electron chi connectivity index (χ1n) is 6.00. The van der Waals surface area contributed by atoms with Crippen molar-refractivity contribution >= 4 is 17.5 Å². The maximum Gasteiger partial charge on any atom is 0.322 e. The fourth-order valence-corrected chi connectivity index (χ4v) is 1.73. The third kappa shape index (κ3) is 3.12. The zero-order valence-electron chi connectivity index (χ0n) is 11.2. The maximum absolute atomic E-state index is 11.6. The van der Waals surface area contributed by atoms with Gasteiger partial charge in [-0.05, 0) is 30.5 Å². The lowest BCUT2D eigenvalue weighted by atomic mass is 10.1. The van der Waals surface area contributed by atoms with Crippen LogP contribution in [-0.2, 0) is 4.79 Å². The Kier molecular flexibility index (Phi) is 3.96. The Balaban J connectivity index is 2.29. The number of aromatic nitrogens is 2. The van der Waals surface area contributed by atoms with Gasteiger partial charge in [-0.15, -0.1) is 0 Å². The van der Waals surface area contributed by atoms with Gasteiger partial charge >= 0.3 is 5.91 Å². The standard InChI is InChI=1S/C15H13N3O2/c1-3-5-15(20)18-10-13(9-16-18)12-6-4-7-14(8-12)17-11(2)19/h4,6-10H,1-2H3,(H,17,19). The number of carbonyl (C=O) groups is 2. The second kappa shape index (κ2) is 5.85. The van der Waals surface area contributed by atoms with Crippen LogP contribution in [0, 0.1) is 11.8 Å². The van der Waals surface area contributed by atoms with E-state index in [1.807, 2.05) is 18.2 Å². The Hall–Kier alpha value is -2.87. The third-order valence-electron chi connectivity index (χ3n) is 2.54. The number of benzene rings is 1. The van der Waals surface area contributed by atoms with Gasteiger partial charge in [0.1, 0.15) is 0 Å². The molecule has 2 rings (SSSR count). The van der Waals surface area contributed by atoms with E-state index < -0.39 is 0 Å². The van der Waals surface area contributed by atoms with Crippen LogP contribution < -0.4 is 5.32 Å². The molecule has 0 aliphatic rings. The van der Waals surface area contributed by atoms with Crippen molar-refractivity contribution in [3.63, 3.8) is 0 Å². The van der Waals surface area contributed by atoms with Crippen LogP contribution in [0.2, 0.25) is 0 Å². The summed E-state index contributed by atoms with van der Waals surface area (Å²) in [7, 11) is 0. The SMILES string of the molecule is CC#CC(=O)n1cc(-c2cccc(NC(C)=O)c2)cn1. The molecule has 100 valence electrons. The van der Waals surface area contributed by atoms with Gasteiger partial charge in [0.05, 0.1) is 6.20 Å². The van der Waals surface area contributed by atoms with Crippen molar-refractivity contribution in [2.45, 2.75) is 13.8 Å². The Bertz CT molecular complexity index is 720. The minimum atomic E-state index is -0.378. The molecule has 0 aliphatic heterocycles. The summed E-state index contributed by atoms with van der Waals surface area (Å²) in [5.41, 5.74) is 2.34. The normalized spacial score (nSPS) is 9.50. The molecule has 5 heteroatoms. The van der Waals surface area contributed by atoms with Gasteiger partial charge in [0.15, 0.2) is 0 Å². The molecule has 0 radical (unpaired) electrons. The van der Waals surface area contributed by atoms with E-state index >= 15 is 0 Å². The number of nitrogens with zero attached hydrogens (tertiary/aromatic N) is 2. The summed E-state index contributed by atoms with van der Waals surface area (Å²) in [6.45, 7) is 3.05. The second-order valence-electron chi connectivity index (χ2n) is 4.12. The number of carbonyl (C=O) groups excluding carboxylic acids is 2. The topological polar surface area (TPSA) is 64.0 Å². The summed E-state index contributed by atoms with van der Waals surface area (Å²) in [6.07, 6.45) is 3.20. The second-order valence-corrected chi connectivity index (χ2v) is 4.12. The van der Waals surface area contributed by atoms with E-state index in [-0.39, 0.29) is 11.8 Å². The molecule has 0 fully saturated rings. The largest absolute Gasteiger partial charge is 0.326 e. The quantitative estimate of drug-likeness (QED) is 0.848. The van der Waals surface area contributed by atoms with Gasteiger partial charge in [0, 0.05) is 24.4 Å². The molecule has 0 unspecified atom stereocenters. The van der Waals surface area contributed by atoms with Crippen LogP contribution in [0.3, 0.4) is 0 Å². The highest BCUT2D eigenvalue weighted by molar-refractivity contribution is 5.95. The molecule has 1 aromatic heterocycles. The van der Waals surface area contributed by atoms with Crippen molar-refractivity contribution in [1.29, 1.82) is 0 Å². The lowest BCUT2D eigenvalue weighted by Crippen LogP contribution is -2.07. The number of nitrogens with one attached hydrogen (secondary N) is 1. The van der Waals surface area contributed by atoms with E-state index in [9.17, 15) is 9.59 Å². The summed E-state index contributed by atoms with van der Waals surface area (Å²) < 4.78 is 1.19. The van der Waals surface area contributed by atoms with Crippen molar-refractivity contribution in [2.75, 3.05) is 5.32 Å². The molecule has 0 aliphatic carbocycles. The van der Waals surface area contributed by atoms with Gasteiger partial charge in [0.2, 0.25) is 5.91 Å². The van der Waals surface area contributed by atoms with E-state index in [4.69, 9.17) is 0 Å². The summed E-state index contributed by atoms with van der Waals surface area (Å²) in [6, 6.07) is 7.32. The molecule has 1 N–H and O–H groups in total. The van der Waals surface area contributed by atoms with Crippen LogP contribution in [0.1, 0.15) is 18.6 Å². The first-order valence-corrected chi connectivity index (χ1v) is 6.00. The molecular weight excluding hydrogens is 254 g/mol. The van der Waals surface area contributed by atoms with Crippen LogP contribution in [-0.4, -0.2) is 21.6 Å². The van der Waals surface area contributed by atoms with Gasteiger partial charge in [-0.25, -0.2) is 0 Å². The monoisotopic (exact) mass is 267 g/mol. The van der Waals surface area contributed by atoms with Crippen LogP contribution in [0.4, 0.5) is 5.69 Å². The number of amides is 1. The van der Waals surface area contributed by atoms with E-state index in [0.717, 1.165) is 11.1 Å².